The van der Waals surface area contributed by atoms with Gasteiger partial charge >= 0.3 is 5.97 Å². The van der Waals surface area contributed by atoms with Gasteiger partial charge in [-0.15, -0.1) is 0 Å². The number of aromatic nitrogens is 1. The Hall–Kier alpha value is -2.55. The van der Waals surface area contributed by atoms with Crippen LogP contribution in [0.1, 0.15) is 10.5 Å². The molecule has 2 N–H and O–H groups in total. The SMILES string of the molecule is O=C(O)c1cc2cc(-c3ccccc3)ccc2[nH]1. The molecule has 0 aliphatic rings. The molecule has 1 heterocycles. The predicted octanol–water partition coefficient (Wildman–Crippen LogP) is 3.53. The summed E-state index contributed by atoms with van der Waals surface area (Å²) >= 11 is 0. The second-order valence-electron chi connectivity index (χ2n) is 4.16. The van der Waals surface area contributed by atoms with Crippen molar-refractivity contribution in [3.8, 4) is 11.1 Å². The van der Waals surface area contributed by atoms with E-state index in [2.05, 4.69) is 4.98 Å². The number of aromatic amines is 1. The normalized spacial score (nSPS) is 10.7. The number of benzene rings is 2. The molecule has 3 rings (SSSR count). The lowest BCUT2D eigenvalue weighted by Crippen LogP contribution is -1.94. The summed E-state index contributed by atoms with van der Waals surface area (Å²) in [6.45, 7) is 0. The van der Waals surface area contributed by atoms with Crippen molar-refractivity contribution in [1.29, 1.82) is 0 Å². The Labute approximate surface area is 104 Å². The Morgan fingerprint density at radius 1 is 0.944 bits per heavy atom. The smallest absolute Gasteiger partial charge is 0.352 e. The number of nitrogens with one attached hydrogen (secondary N) is 1. The standard InChI is InChI=1S/C15H11NO2/c17-15(18)14-9-12-8-11(6-7-13(12)16-14)10-4-2-1-3-5-10/h1-9,16H,(H,17,18). The number of hydrogen-bond acceptors (Lipinski definition) is 1. The predicted molar refractivity (Wildman–Crippen MR) is 70.7 cm³/mol. The zero-order valence-electron chi connectivity index (χ0n) is 9.55. The molecule has 0 radical (unpaired) electrons. The number of rotatable bonds is 2. The second-order valence-corrected chi connectivity index (χ2v) is 4.16. The van der Waals surface area contributed by atoms with Crippen LogP contribution in [0, 0.1) is 0 Å². The molecule has 0 unspecified atom stereocenters. The highest BCUT2D eigenvalue weighted by atomic mass is 16.4. The fourth-order valence-electron chi connectivity index (χ4n) is 2.06. The lowest BCUT2D eigenvalue weighted by Gasteiger charge is -2.00. The first-order valence-electron chi connectivity index (χ1n) is 5.65. The minimum atomic E-state index is -0.938. The van der Waals surface area contributed by atoms with Crippen LogP contribution in [0.25, 0.3) is 22.0 Å². The maximum absolute atomic E-state index is 10.9. The molecule has 0 saturated carbocycles. The van der Waals surface area contributed by atoms with Crippen LogP contribution in [0.2, 0.25) is 0 Å². The fourth-order valence-corrected chi connectivity index (χ4v) is 2.06. The number of carbonyl (C=O) groups is 1. The zero-order chi connectivity index (χ0) is 12.5. The summed E-state index contributed by atoms with van der Waals surface area (Å²) in [4.78, 5) is 13.8. The van der Waals surface area contributed by atoms with E-state index >= 15 is 0 Å². The largest absolute Gasteiger partial charge is 0.477 e. The number of aromatic carboxylic acids is 1. The van der Waals surface area contributed by atoms with Gasteiger partial charge in [-0.3, -0.25) is 0 Å². The summed E-state index contributed by atoms with van der Waals surface area (Å²) in [5.74, 6) is -0.938. The van der Waals surface area contributed by atoms with Crippen molar-refractivity contribution >= 4 is 16.9 Å². The molecule has 1 aromatic heterocycles. The summed E-state index contributed by atoms with van der Waals surface area (Å²) in [5, 5.41) is 9.85. The van der Waals surface area contributed by atoms with Crippen molar-refractivity contribution in [2.24, 2.45) is 0 Å². The Kier molecular flexibility index (Phi) is 2.38. The number of hydrogen-bond donors (Lipinski definition) is 2. The molecule has 3 nitrogen and oxygen atoms in total. The van der Waals surface area contributed by atoms with Crippen LogP contribution in [0.5, 0.6) is 0 Å². The summed E-state index contributed by atoms with van der Waals surface area (Å²) in [5.41, 5.74) is 3.26. The van der Waals surface area contributed by atoms with E-state index in [1.165, 1.54) is 0 Å². The quantitative estimate of drug-likeness (QED) is 0.716. The summed E-state index contributed by atoms with van der Waals surface area (Å²) < 4.78 is 0. The van der Waals surface area contributed by atoms with E-state index in [9.17, 15) is 4.79 Å². The minimum Gasteiger partial charge on any atom is -0.477 e. The van der Waals surface area contributed by atoms with Crippen molar-refractivity contribution in [2.75, 3.05) is 0 Å². The van der Waals surface area contributed by atoms with Crippen LogP contribution in [0.4, 0.5) is 0 Å². The van der Waals surface area contributed by atoms with E-state index in [0.717, 1.165) is 22.0 Å². The average molecular weight is 237 g/mol. The molecule has 88 valence electrons. The molecule has 2 aromatic carbocycles. The van der Waals surface area contributed by atoms with Gasteiger partial charge in [0.25, 0.3) is 0 Å². The molecule has 0 amide bonds. The van der Waals surface area contributed by atoms with Gasteiger partial charge < -0.3 is 10.1 Å². The minimum absolute atomic E-state index is 0.218. The number of carboxylic acid groups (broad SMARTS) is 1. The maximum atomic E-state index is 10.9. The van der Waals surface area contributed by atoms with Gasteiger partial charge in [-0.2, -0.15) is 0 Å². The van der Waals surface area contributed by atoms with Crippen molar-refractivity contribution in [3.63, 3.8) is 0 Å². The van der Waals surface area contributed by atoms with Crippen molar-refractivity contribution in [3.05, 3.63) is 60.3 Å². The monoisotopic (exact) mass is 237 g/mol. The molecule has 0 spiro atoms. The molecule has 18 heavy (non-hydrogen) atoms. The van der Waals surface area contributed by atoms with Gasteiger partial charge in [-0.25, -0.2) is 4.79 Å². The van der Waals surface area contributed by atoms with E-state index in [4.69, 9.17) is 5.11 Å². The van der Waals surface area contributed by atoms with Gasteiger partial charge in [-0.05, 0) is 29.3 Å². The van der Waals surface area contributed by atoms with Crippen LogP contribution >= 0.6 is 0 Å². The lowest BCUT2D eigenvalue weighted by molar-refractivity contribution is 0.0691. The first-order chi connectivity index (χ1) is 8.74. The van der Waals surface area contributed by atoms with Gasteiger partial charge in [0.1, 0.15) is 5.69 Å². The van der Waals surface area contributed by atoms with Gasteiger partial charge in [0.2, 0.25) is 0 Å². The van der Waals surface area contributed by atoms with Gasteiger partial charge in [0, 0.05) is 10.9 Å². The summed E-state index contributed by atoms with van der Waals surface area (Å²) in [7, 11) is 0. The number of carboxylic acids is 1. The highest BCUT2D eigenvalue weighted by Gasteiger charge is 2.07. The van der Waals surface area contributed by atoms with Crippen LogP contribution in [-0.2, 0) is 0 Å². The summed E-state index contributed by atoms with van der Waals surface area (Å²) in [6, 6.07) is 17.6. The van der Waals surface area contributed by atoms with E-state index in [0.29, 0.717) is 0 Å². The highest BCUT2D eigenvalue weighted by Crippen LogP contribution is 2.24. The first-order valence-corrected chi connectivity index (χ1v) is 5.65. The molecule has 3 heteroatoms. The molecule has 0 saturated heterocycles. The Morgan fingerprint density at radius 3 is 2.44 bits per heavy atom. The molecule has 3 aromatic rings. The Balaban J connectivity index is 2.14. The van der Waals surface area contributed by atoms with Crippen LogP contribution < -0.4 is 0 Å². The third kappa shape index (κ3) is 1.76. The molecule has 0 fully saturated rings. The van der Waals surface area contributed by atoms with Crippen LogP contribution in [-0.4, -0.2) is 16.1 Å². The Bertz CT molecular complexity index is 714. The van der Waals surface area contributed by atoms with Crippen LogP contribution in [0.3, 0.4) is 0 Å². The first kappa shape index (κ1) is 10.6. The van der Waals surface area contributed by atoms with Gasteiger partial charge in [0.05, 0.1) is 0 Å². The number of H-pyrrole nitrogens is 1. The number of fused-ring (bicyclic) bond motifs is 1. The van der Waals surface area contributed by atoms with Gasteiger partial charge in [0.15, 0.2) is 0 Å². The van der Waals surface area contributed by atoms with Gasteiger partial charge in [-0.1, -0.05) is 36.4 Å². The lowest BCUT2D eigenvalue weighted by atomic mass is 10.0. The third-order valence-corrected chi connectivity index (χ3v) is 2.96. The molecular weight excluding hydrogens is 226 g/mol. The van der Waals surface area contributed by atoms with Crippen molar-refractivity contribution in [2.45, 2.75) is 0 Å². The zero-order valence-corrected chi connectivity index (χ0v) is 9.55. The average Bonchev–Trinajstić information content (AvgIpc) is 2.82. The topological polar surface area (TPSA) is 53.1 Å². The summed E-state index contributed by atoms with van der Waals surface area (Å²) in [6.07, 6.45) is 0. The highest BCUT2D eigenvalue weighted by molar-refractivity contribution is 5.95. The molecule has 0 atom stereocenters. The maximum Gasteiger partial charge on any atom is 0.352 e. The van der Waals surface area contributed by atoms with E-state index in [1.54, 1.807) is 6.07 Å². The fraction of sp³-hybridized carbons (Fsp3) is 0. The van der Waals surface area contributed by atoms with E-state index in [-0.39, 0.29) is 5.69 Å². The molecule has 0 aliphatic heterocycles. The third-order valence-electron chi connectivity index (χ3n) is 2.96. The molecule has 0 aliphatic carbocycles. The second kappa shape index (κ2) is 4.04. The molecular formula is C15H11NO2. The van der Waals surface area contributed by atoms with E-state index in [1.807, 2.05) is 48.5 Å². The van der Waals surface area contributed by atoms with Crippen molar-refractivity contribution < 1.29 is 9.90 Å². The molecule has 0 bridgehead atoms. The Morgan fingerprint density at radius 2 is 1.72 bits per heavy atom. The van der Waals surface area contributed by atoms with E-state index < -0.39 is 5.97 Å². The van der Waals surface area contributed by atoms with Crippen molar-refractivity contribution in [1.82, 2.24) is 4.98 Å². The van der Waals surface area contributed by atoms with Crippen LogP contribution in [0.15, 0.2) is 54.6 Å².